The maximum Gasteiger partial charge on any atom is 0.211 e. The third-order valence-electron chi connectivity index (χ3n) is 3.00. The van der Waals surface area contributed by atoms with Gasteiger partial charge in [0.05, 0.1) is 12.3 Å². The van der Waals surface area contributed by atoms with Gasteiger partial charge in [0.25, 0.3) is 0 Å². The van der Waals surface area contributed by atoms with Gasteiger partial charge in [-0.25, -0.2) is 18.1 Å². The lowest BCUT2D eigenvalue weighted by Crippen LogP contribution is -2.41. The number of aryl methyl sites for hydroxylation is 1. The van der Waals surface area contributed by atoms with Crippen LogP contribution in [-0.2, 0) is 16.6 Å². The molecule has 6 nitrogen and oxygen atoms in total. The lowest BCUT2D eigenvalue weighted by molar-refractivity contribution is 0.582. The van der Waals surface area contributed by atoms with Crippen LogP contribution in [0.15, 0.2) is 29.3 Å². The molecule has 0 aromatic heterocycles. The van der Waals surface area contributed by atoms with Crippen molar-refractivity contribution in [3.05, 3.63) is 35.4 Å². The van der Waals surface area contributed by atoms with Crippen LogP contribution in [0.1, 0.15) is 25.0 Å². The predicted molar refractivity (Wildman–Crippen MR) is 107 cm³/mol. The number of hydrogen-bond donors (Lipinski definition) is 3. The molecule has 8 heteroatoms. The van der Waals surface area contributed by atoms with Gasteiger partial charge in [-0.05, 0) is 26.3 Å². The Morgan fingerprint density at radius 1 is 1.09 bits per heavy atom. The van der Waals surface area contributed by atoms with E-state index in [4.69, 9.17) is 0 Å². The van der Waals surface area contributed by atoms with Gasteiger partial charge >= 0.3 is 0 Å². The van der Waals surface area contributed by atoms with E-state index in [1.165, 1.54) is 5.56 Å². The summed E-state index contributed by atoms with van der Waals surface area (Å²) in [4.78, 5) is 4.48. The van der Waals surface area contributed by atoms with E-state index < -0.39 is 10.0 Å². The summed E-state index contributed by atoms with van der Waals surface area (Å²) in [6.45, 7) is 7.81. The lowest BCUT2D eigenvalue weighted by Gasteiger charge is -2.11. The third kappa shape index (κ3) is 9.77. The van der Waals surface area contributed by atoms with Crippen LogP contribution in [0.4, 0.5) is 0 Å². The van der Waals surface area contributed by atoms with E-state index in [-0.39, 0.29) is 29.7 Å². The first kappa shape index (κ1) is 22.1. The highest BCUT2D eigenvalue weighted by molar-refractivity contribution is 14.0. The van der Waals surface area contributed by atoms with Crippen molar-refractivity contribution >= 4 is 40.0 Å². The summed E-state index contributed by atoms with van der Waals surface area (Å²) in [6.07, 6.45) is 0. The maximum atomic E-state index is 11.3. The molecule has 0 fully saturated rings. The smallest absolute Gasteiger partial charge is 0.211 e. The minimum absolute atomic E-state index is 0. The van der Waals surface area contributed by atoms with Gasteiger partial charge in [0, 0.05) is 19.6 Å². The zero-order valence-corrected chi connectivity index (χ0v) is 17.1. The van der Waals surface area contributed by atoms with E-state index >= 15 is 0 Å². The van der Waals surface area contributed by atoms with Crippen molar-refractivity contribution in [2.24, 2.45) is 4.99 Å². The monoisotopic (exact) mass is 454 g/mol. The van der Waals surface area contributed by atoms with Gasteiger partial charge in [0.15, 0.2) is 5.96 Å². The summed E-state index contributed by atoms with van der Waals surface area (Å²) in [5, 5.41) is 6.25. The van der Waals surface area contributed by atoms with Crippen molar-refractivity contribution in [3.63, 3.8) is 0 Å². The number of hydrogen-bond acceptors (Lipinski definition) is 3. The lowest BCUT2D eigenvalue weighted by atomic mass is 10.1. The summed E-state index contributed by atoms with van der Waals surface area (Å²) in [5.74, 6) is 0.771. The zero-order chi connectivity index (χ0) is 16.4. The van der Waals surface area contributed by atoms with E-state index in [0.29, 0.717) is 25.6 Å². The fraction of sp³-hybridized carbons (Fsp3) is 0.533. The van der Waals surface area contributed by atoms with Gasteiger partial charge in [-0.2, -0.15) is 0 Å². The number of aliphatic imine (C=N–C) groups is 1. The quantitative estimate of drug-likeness (QED) is 0.241. The van der Waals surface area contributed by atoms with E-state index in [1.807, 2.05) is 6.92 Å². The SMILES string of the molecule is CCNC(=NCc1ccc(C)cc1)NCCNS(=O)(=O)CC.I. The number of halogens is 1. The molecule has 1 aromatic rings. The Hall–Kier alpha value is -0.870. The van der Waals surface area contributed by atoms with Crippen LogP contribution in [0.5, 0.6) is 0 Å². The van der Waals surface area contributed by atoms with Crippen molar-refractivity contribution < 1.29 is 8.42 Å². The van der Waals surface area contributed by atoms with Crippen LogP contribution < -0.4 is 15.4 Å². The average Bonchev–Trinajstić information content (AvgIpc) is 2.50. The molecule has 1 rings (SSSR count). The molecule has 0 heterocycles. The van der Waals surface area contributed by atoms with Crippen molar-refractivity contribution in [1.82, 2.24) is 15.4 Å². The van der Waals surface area contributed by atoms with E-state index in [0.717, 1.165) is 12.1 Å². The molecular formula is C15H27IN4O2S. The van der Waals surface area contributed by atoms with Crippen LogP contribution >= 0.6 is 24.0 Å². The second kappa shape index (κ2) is 11.6. The molecule has 0 saturated heterocycles. The summed E-state index contributed by atoms with van der Waals surface area (Å²) < 4.78 is 25.2. The highest BCUT2D eigenvalue weighted by Crippen LogP contribution is 2.04. The number of nitrogens with one attached hydrogen (secondary N) is 3. The number of sulfonamides is 1. The summed E-state index contributed by atoms with van der Waals surface area (Å²) in [6, 6.07) is 8.23. The van der Waals surface area contributed by atoms with Crippen molar-refractivity contribution in [2.45, 2.75) is 27.3 Å². The Morgan fingerprint density at radius 2 is 1.74 bits per heavy atom. The summed E-state index contributed by atoms with van der Waals surface area (Å²) in [5.41, 5.74) is 2.36. The average molecular weight is 454 g/mol. The van der Waals surface area contributed by atoms with E-state index in [2.05, 4.69) is 51.5 Å². The Morgan fingerprint density at radius 3 is 2.30 bits per heavy atom. The minimum Gasteiger partial charge on any atom is -0.357 e. The summed E-state index contributed by atoms with van der Waals surface area (Å²) in [7, 11) is -3.14. The Balaban J connectivity index is 0.00000484. The van der Waals surface area contributed by atoms with E-state index in [1.54, 1.807) is 6.92 Å². The molecular weight excluding hydrogens is 427 g/mol. The molecule has 0 amide bonds. The normalized spacial score (nSPS) is 11.7. The Bertz CT molecular complexity index is 574. The molecule has 132 valence electrons. The van der Waals surface area contributed by atoms with Gasteiger partial charge in [-0.15, -0.1) is 24.0 Å². The van der Waals surface area contributed by atoms with Gasteiger partial charge in [-0.1, -0.05) is 29.8 Å². The predicted octanol–water partition coefficient (Wildman–Crippen LogP) is 1.61. The molecule has 0 aliphatic rings. The Labute approximate surface area is 156 Å². The first-order valence-electron chi connectivity index (χ1n) is 7.52. The molecule has 0 bridgehead atoms. The third-order valence-corrected chi connectivity index (χ3v) is 4.41. The van der Waals surface area contributed by atoms with Crippen molar-refractivity contribution in [3.8, 4) is 0 Å². The zero-order valence-electron chi connectivity index (χ0n) is 13.9. The van der Waals surface area contributed by atoms with Crippen LogP contribution in [0.2, 0.25) is 0 Å². The fourth-order valence-electron chi connectivity index (χ4n) is 1.70. The largest absolute Gasteiger partial charge is 0.357 e. The number of benzene rings is 1. The topological polar surface area (TPSA) is 82.6 Å². The van der Waals surface area contributed by atoms with Crippen molar-refractivity contribution in [2.75, 3.05) is 25.4 Å². The number of nitrogens with zero attached hydrogens (tertiary/aromatic N) is 1. The minimum atomic E-state index is -3.14. The fourth-order valence-corrected chi connectivity index (χ4v) is 2.31. The highest BCUT2D eigenvalue weighted by Gasteiger charge is 2.04. The van der Waals surface area contributed by atoms with Crippen molar-refractivity contribution in [1.29, 1.82) is 0 Å². The summed E-state index contributed by atoms with van der Waals surface area (Å²) >= 11 is 0. The molecule has 0 unspecified atom stereocenters. The van der Waals surface area contributed by atoms with Gasteiger partial charge in [0.1, 0.15) is 0 Å². The first-order valence-corrected chi connectivity index (χ1v) is 9.17. The molecule has 0 atom stereocenters. The maximum absolute atomic E-state index is 11.3. The first-order chi connectivity index (χ1) is 10.5. The Kier molecular flexibility index (Phi) is 11.2. The van der Waals surface area contributed by atoms with Gasteiger partial charge in [0.2, 0.25) is 10.0 Å². The van der Waals surface area contributed by atoms with Crippen LogP contribution in [-0.4, -0.2) is 39.8 Å². The highest BCUT2D eigenvalue weighted by atomic mass is 127. The van der Waals surface area contributed by atoms with Crippen LogP contribution in [0.25, 0.3) is 0 Å². The van der Waals surface area contributed by atoms with Gasteiger partial charge < -0.3 is 10.6 Å². The molecule has 0 aliphatic heterocycles. The van der Waals surface area contributed by atoms with Crippen LogP contribution in [0.3, 0.4) is 0 Å². The molecule has 23 heavy (non-hydrogen) atoms. The standard InChI is InChI=1S/C15H26N4O2S.HI/c1-4-16-15(17-10-11-19-22(20,21)5-2)18-12-14-8-6-13(3)7-9-14;/h6-9,19H,4-5,10-12H2,1-3H3,(H2,16,17,18);1H. The number of rotatable bonds is 8. The van der Waals surface area contributed by atoms with E-state index in [9.17, 15) is 8.42 Å². The van der Waals surface area contributed by atoms with Crippen LogP contribution in [0, 0.1) is 6.92 Å². The molecule has 0 radical (unpaired) electrons. The molecule has 3 N–H and O–H groups in total. The molecule has 0 saturated carbocycles. The number of guanidine groups is 1. The molecule has 0 aliphatic carbocycles. The van der Waals surface area contributed by atoms with Gasteiger partial charge in [-0.3, -0.25) is 0 Å². The molecule has 0 spiro atoms. The second-order valence-electron chi connectivity index (χ2n) is 4.91. The molecule has 1 aromatic carbocycles. The second-order valence-corrected chi connectivity index (χ2v) is 7.00.